The summed E-state index contributed by atoms with van der Waals surface area (Å²) >= 11 is 0. The monoisotopic (exact) mass is 254 g/mol. The number of aliphatic hydroxyl groups is 1. The fourth-order valence-corrected chi connectivity index (χ4v) is 1.70. The minimum absolute atomic E-state index is 0.0112. The van der Waals surface area contributed by atoms with E-state index in [1.807, 2.05) is 11.8 Å². The number of non-ortho nitro benzene ring substituents is 1. The predicted octanol–water partition coefficient (Wildman–Crippen LogP) is 1.09. The molecule has 1 rings (SSSR count). The Labute approximate surface area is 105 Å². The maximum absolute atomic E-state index is 10.8. The number of nitro benzene ring substituents is 1. The van der Waals surface area contributed by atoms with E-state index >= 15 is 0 Å². The normalized spacial score (nSPS) is 10.2. The van der Waals surface area contributed by atoms with Gasteiger partial charge in [-0.2, -0.15) is 0 Å². The zero-order valence-electron chi connectivity index (χ0n) is 10.3. The first-order chi connectivity index (χ1) is 8.62. The summed E-state index contributed by atoms with van der Waals surface area (Å²) in [6, 6.07) is 4.62. The first kappa shape index (κ1) is 14.2. The van der Waals surface area contributed by atoms with Crippen LogP contribution in [0.1, 0.15) is 13.3 Å². The van der Waals surface area contributed by atoms with Crippen molar-refractivity contribution < 1.29 is 10.0 Å². The van der Waals surface area contributed by atoms with Crippen LogP contribution in [0.5, 0.6) is 0 Å². The smallest absolute Gasteiger partial charge is 0.273 e. The molecule has 0 unspecified atom stereocenters. The molecule has 0 saturated heterocycles. The van der Waals surface area contributed by atoms with Gasteiger partial charge >= 0.3 is 0 Å². The van der Waals surface area contributed by atoms with Gasteiger partial charge in [-0.25, -0.2) is 0 Å². The topological polar surface area (TPSA) is 105 Å². The fraction of sp³-hybridized carbons (Fsp3) is 0.455. The highest BCUT2D eigenvalue weighted by Crippen LogP contribution is 2.26. The van der Waals surface area contributed by atoms with Crippen molar-refractivity contribution in [3.05, 3.63) is 28.3 Å². The molecule has 7 nitrogen and oxygen atoms in total. The molecule has 0 aliphatic rings. The number of nitrogens with two attached hydrogens (primary N) is 1. The van der Waals surface area contributed by atoms with Crippen LogP contribution in [0.25, 0.3) is 0 Å². The van der Waals surface area contributed by atoms with Crippen molar-refractivity contribution in [2.45, 2.75) is 13.3 Å². The van der Waals surface area contributed by atoms with Crippen LogP contribution in [0.15, 0.2) is 18.2 Å². The number of hydrazine groups is 1. The van der Waals surface area contributed by atoms with Gasteiger partial charge in [0, 0.05) is 37.5 Å². The van der Waals surface area contributed by atoms with Crippen LogP contribution in [0, 0.1) is 10.1 Å². The van der Waals surface area contributed by atoms with Gasteiger partial charge in [-0.1, -0.05) is 0 Å². The van der Waals surface area contributed by atoms with Gasteiger partial charge in [-0.3, -0.25) is 16.0 Å². The van der Waals surface area contributed by atoms with Gasteiger partial charge in [0.2, 0.25) is 0 Å². The minimum atomic E-state index is -0.454. The van der Waals surface area contributed by atoms with Crippen LogP contribution in [-0.2, 0) is 0 Å². The number of nitrogen functional groups attached to an aromatic ring is 1. The summed E-state index contributed by atoms with van der Waals surface area (Å²) in [6.07, 6.45) is 0.613. The van der Waals surface area contributed by atoms with Crippen molar-refractivity contribution >= 4 is 17.1 Å². The van der Waals surface area contributed by atoms with E-state index in [1.54, 1.807) is 6.07 Å². The number of aliphatic hydroxyl groups excluding tert-OH is 1. The maximum atomic E-state index is 10.8. The zero-order valence-corrected chi connectivity index (χ0v) is 10.3. The summed E-state index contributed by atoms with van der Waals surface area (Å²) in [5.74, 6) is 5.30. The van der Waals surface area contributed by atoms with E-state index < -0.39 is 4.92 Å². The summed E-state index contributed by atoms with van der Waals surface area (Å²) < 4.78 is 0. The Morgan fingerprint density at radius 2 is 2.22 bits per heavy atom. The SMILES string of the molecule is CCN(CCCO)c1cc(NN)cc([N+](=O)[O-])c1. The molecule has 0 saturated carbocycles. The Balaban J connectivity index is 3.04. The van der Waals surface area contributed by atoms with E-state index in [4.69, 9.17) is 10.9 Å². The molecule has 7 heteroatoms. The Hall–Kier alpha value is -1.86. The highest BCUT2D eigenvalue weighted by molar-refractivity contribution is 5.64. The van der Waals surface area contributed by atoms with Gasteiger partial charge in [0.25, 0.3) is 5.69 Å². The van der Waals surface area contributed by atoms with Crippen molar-refractivity contribution in [1.82, 2.24) is 0 Å². The van der Waals surface area contributed by atoms with Crippen molar-refractivity contribution in [3.8, 4) is 0 Å². The summed E-state index contributed by atoms with van der Waals surface area (Å²) in [5, 5.41) is 19.7. The lowest BCUT2D eigenvalue weighted by molar-refractivity contribution is -0.384. The number of rotatable bonds is 7. The summed E-state index contributed by atoms with van der Waals surface area (Å²) in [4.78, 5) is 12.3. The van der Waals surface area contributed by atoms with Crippen LogP contribution < -0.4 is 16.2 Å². The number of nitrogens with one attached hydrogen (secondary N) is 1. The molecule has 0 atom stereocenters. The number of nitro groups is 1. The van der Waals surface area contributed by atoms with E-state index in [0.717, 1.165) is 0 Å². The van der Waals surface area contributed by atoms with E-state index in [2.05, 4.69) is 5.43 Å². The Morgan fingerprint density at radius 1 is 1.50 bits per heavy atom. The lowest BCUT2D eigenvalue weighted by Gasteiger charge is -2.23. The van der Waals surface area contributed by atoms with Gasteiger partial charge in [-0.15, -0.1) is 0 Å². The van der Waals surface area contributed by atoms with Gasteiger partial charge in [0.15, 0.2) is 0 Å². The van der Waals surface area contributed by atoms with Crippen molar-refractivity contribution in [2.75, 3.05) is 30.0 Å². The molecule has 0 bridgehead atoms. The summed E-state index contributed by atoms with van der Waals surface area (Å²) in [5.41, 5.74) is 3.61. The quantitative estimate of drug-likeness (QED) is 0.382. The zero-order chi connectivity index (χ0) is 13.5. The van der Waals surface area contributed by atoms with E-state index in [9.17, 15) is 10.1 Å². The molecule has 0 aliphatic carbocycles. The molecule has 0 fully saturated rings. The first-order valence-electron chi connectivity index (χ1n) is 5.74. The molecular weight excluding hydrogens is 236 g/mol. The van der Waals surface area contributed by atoms with E-state index in [0.29, 0.717) is 30.9 Å². The van der Waals surface area contributed by atoms with Gasteiger partial charge in [0.05, 0.1) is 10.6 Å². The third-order valence-electron chi connectivity index (χ3n) is 2.61. The second-order valence-corrected chi connectivity index (χ2v) is 3.80. The van der Waals surface area contributed by atoms with E-state index in [-0.39, 0.29) is 12.3 Å². The standard InChI is InChI=1S/C11H18N4O3/c1-2-14(4-3-5-16)10-6-9(13-12)7-11(8-10)15(17)18/h6-8,13,16H,2-5,12H2,1H3. The molecule has 100 valence electrons. The first-order valence-corrected chi connectivity index (χ1v) is 5.74. The van der Waals surface area contributed by atoms with Crippen LogP contribution in [-0.4, -0.2) is 29.7 Å². The third kappa shape index (κ3) is 3.57. The lowest BCUT2D eigenvalue weighted by Crippen LogP contribution is -2.25. The highest BCUT2D eigenvalue weighted by atomic mass is 16.6. The number of nitrogens with zero attached hydrogens (tertiary/aromatic N) is 2. The lowest BCUT2D eigenvalue weighted by atomic mass is 10.2. The molecule has 0 amide bonds. The Kier molecular flexibility index (Phi) is 5.34. The van der Waals surface area contributed by atoms with E-state index in [1.165, 1.54) is 12.1 Å². The average molecular weight is 254 g/mol. The van der Waals surface area contributed by atoms with Crippen molar-refractivity contribution in [2.24, 2.45) is 5.84 Å². The molecule has 0 aromatic heterocycles. The summed E-state index contributed by atoms with van der Waals surface area (Å²) in [6.45, 7) is 3.38. The van der Waals surface area contributed by atoms with Crippen LogP contribution in [0.2, 0.25) is 0 Å². The molecule has 0 radical (unpaired) electrons. The van der Waals surface area contributed by atoms with Gasteiger partial charge in [-0.05, 0) is 19.4 Å². The fourth-order valence-electron chi connectivity index (χ4n) is 1.70. The largest absolute Gasteiger partial charge is 0.396 e. The highest BCUT2D eigenvalue weighted by Gasteiger charge is 2.13. The predicted molar refractivity (Wildman–Crippen MR) is 70.5 cm³/mol. The van der Waals surface area contributed by atoms with Crippen LogP contribution >= 0.6 is 0 Å². The molecule has 0 spiro atoms. The van der Waals surface area contributed by atoms with Gasteiger partial charge < -0.3 is 15.4 Å². The number of benzene rings is 1. The minimum Gasteiger partial charge on any atom is -0.396 e. The van der Waals surface area contributed by atoms with Crippen LogP contribution in [0.3, 0.4) is 0 Å². The van der Waals surface area contributed by atoms with Crippen molar-refractivity contribution in [1.29, 1.82) is 0 Å². The molecule has 1 aromatic rings. The summed E-state index contributed by atoms with van der Waals surface area (Å²) in [7, 11) is 0. The molecule has 4 N–H and O–H groups in total. The molecule has 1 aromatic carbocycles. The molecule has 18 heavy (non-hydrogen) atoms. The Morgan fingerprint density at radius 3 is 2.72 bits per heavy atom. The average Bonchev–Trinajstić information content (AvgIpc) is 2.39. The molecule has 0 heterocycles. The second kappa shape index (κ2) is 6.77. The molecule has 0 aliphatic heterocycles. The third-order valence-corrected chi connectivity index (χ3v) is 2.61. The number of anilines is 2. The second-order valence-electron chi connectivity index (χ2n) is 3.80. The van der Waals surface area contributed by atoms with Crippen molar-refractivity contribution in [3.63, 3.8) is 0 Å². The number of hydrogen-bond donors (Lipinski definition) is 3. The molecular formula is C11H18N4O3. The number of hydrogen-bond acceptors (Lipinski definition) is 6. The Bertz CT molecular complexity index is 411. The maximum Gasteiger partial charge on any atom is 0.273 e. The van der Waals surface area contributed by atoms with Gasteiger partial charge in [0.1, 0.15) is 0 Å². The van der Waals surface area contributed by atoms with Crippen LogP contribution in [0.4, 0.5) is 17.1 Å².